The van der Waals surface area contributed by atoms with Gasteiger partial charge in [-0.15, -0.1) is 10.2 Å². The smallest absolute Gasteiger partial charge is 0.324 e. The number of aryl methyl sites for hydroxylation is 2. The van der Waals surface area contributed by atoms with Crippen LogP contribution < -0.4 is 9.64 Å². The van der Waals surface area contributed by atoms with E-state index in [1.165, 1.54) is 0 Å². The van der Waals surface area contributed by atoms with Crippen LogP contribution in [0.4, 0.5) is 10.5 Å². The number of amides is 2. The molecule has 2 aromatic carbocycles. The van der Waals surface area contributed by atoms with Gasteiger partial charge < -0.3 is 18.9 Å². The SMILES string of the molecule is CCn1cnnc1-c1cc(Oc2ccc(N3CCN(CC4COC4)C3=O)cc2)c2c(cnn2C)c1. The van der Waals surface area contributed by atoms with Crippen molar-refractivity contribution in [2.45, 2.75) is 13.5 Å². The van der Waals surface area contributed by atoms with Crippen LogP contribution in [0.15, 0.2) is 48.9 Å². The Morgan fingerprint density at radius 2 is 1.97 bits per heavy atom. The Balaban J connectivity index is 1.25. The molecule has 4 aromatic rings. The molecule has 0 N–H and O–H groups in total. The van der Waals surface area contributed by atoms with Crippen LogP contribution in [0, 0.1) is 5.92 Å². The van der Waals surface area contributed by atoms with Gasteiger partial charge in [0.2, 0.25) is 0 Å². The van der Waals surface area contributed by atoms with Gasteiger partial charge in [-0.1, -0.05) is 0 Å². The third-order valence-corrected chi connectivity index (χ3v) is 6.67. The minimum atomic E-state index is 0.0508. The van der Waals surface area contributed by atoms with Crippen molar-refractivity contribution in [1.82, 2.24) is 29.4 Å². The molecule has 10 nitrogen and oxygen atoms in total. The molecule has 0 radical (unpaired) electrons. The molecular weight excluding hydrogens is 446 g/mol. The average Bonchev–Trinajstić information content (AvgIpc) is 3.56. The summed E-state index contributed by atoms with van der Waals surface area (Å²) in [6, 6.07) is 11.7. The molecule has 6 rings (SSSR count). The number of hydrogen-bond acceptors (Lipinski definition) is 6. The van der Waals surface area contributed by atoms with E-state index in [1.807, 2.05) is 57.9 Å². The van der Waals surface area contributed by atoms with Crippen molar-refractivity contribution in [3.05, 3.63) is 48.9 Å². The van der Waals surface area contributed by atoms with Gasteiger partial charge in [0, 0.05) is 55.8 Å². The molecule has 0 saturated carbocycles. The Bertz CT molecular complexity index is 1370. The zero-order valence-electron chi connectivity index (χ0n) is 19.8. The summed E-state index contributed by atoms with van der Waals surface area (Å²) in [6.45, 7) is 6.51. The molecule has 0 bridgehead atoms. The van der Waals surface area contributed by atoms with Crippen LogP contribution in [0.25, 0.3) is 22.3 Å². The number of urea groups is 1. The van der Waals surface area contributed by atoms with Gasteiger partial charge in [0.05, 0.1) is 19.4 Å². The third kappa shape index (κ3) is 3.89. The second-order valence-corrected chi connectivity index (χ2v) is 9.00. The predicted octanol–water partition coefficient (Wildman–Crippen LogP) is 3.53. The van der Waals surface area contributed by atoms with Crippen LogP contribution in [-0.4, -0.2) is 68.3 Å². The Labute approximate surface area is 202 Å². The van der Waals surface area contributed by atoms with Gasteiger partial charge in [-0.05, 0) is 43.3 Å². The number of aromatic nitrogens is 5. The number of benzene rings is 2. The first-order valence-corrected chi connectivity index (χ1v) is 11.9. The summed E-state index contributed by atoms with van der Waals surface area (Å²) in [7, 11) is 1.90. The van der Waals surface area contributed by atoms with E-state index in [9.17, 15) is 4.79 Å². The number of nitrogens with zero attached hydrogens (tertiary/aromatic N) is 7. The van der Waals surface area contributed by atoms with Gasteiger partial charge >= 0.3 is 6.03 Å². The summed E-state index contributed by atoms with van der Waals surface area (Å²) in [6.07, 6.45) is 3.55. The van der Waals surface area contributed by atoms with Crippen molar-refractivity contribution in [3.8, 4) is 22.9 Å². The van der Waals surface area contributed by atoms with E-state index in [1.54, 1.807) is 11.0 Å². The highest BCUT2D eigenvalue weighted by atomic mass is 16.5. The summed E-state index contributed by atoms with van der Waals surface area (Å²) in [5, 5.41) is 13.7. The summed E-state index contributed by atoms with van der Waals surface area (Å²) >= 11 is 0. The maximum atomic E-state index is 12.9. The van der Waals surface area contributed by atoms with E-state index in [-0.39, 0.29) is 6.03 Å². The number of fused-ring (bicyclic) bond motifs is 1. The van der Waals surface area contributed by atoms with Crippen molar-refractivity contribution < 1.29 is 14.3 Å². The van der Waals surface area contributed by atoms with E-state index in [4.69, 9.17) is 9.47 Å². The van der Waals surface area contributed by atoms with Crippen molar-refractivity contribution in [2.24, 2.45) is 13.0 Å². The van der Waals surface area contributed by atoms with E-state index in [2.05, 4.69) is 28.3 Å². The fraction of sp³-hybridized carbons (Fsp3) is 0.360. The normalized spacial score (nSPS) is 16.3. The second-order valence-electron chi connectivity index (χ2n) is 9.00. The third-order valence-electron chi connectivity index (χ3n) is 6.67. The van der Waals surface area contributed by atoms with Crippen LogP contribution >= 0.6 is 0 Å². The van der Waals surface area contributed by atoms with Crippen molar-refractivity contribution >= 4 is 22.6 Å². The van der Waals surface area contributed by atoms with E-state index < -0.39 is 0 Å². The van der Waals surface area contributed by atoms with Crippen LogP contribution in [0.5, 0.6) is 11.5 Å². The van der Waals surface area contributed by atoms with Gasteiger partial charge in [-0.2, -0.15) is 5.10 Å². The molecular formula is C25H27N7O3. The number of rotatable bonds is 7. The van der Waals surface area contributed by atoms with Crippen molar-refractivity contribution in [2.75, 3.05) is 37.7 Å². The quantitative estimate of drug-likeness (QED) is 0.408. The van der Waals surface area contributed by atoms with Crippen LogP contribution in [0.1, 0.15) is 6.92 Å². The lowest BCUT2D eigenvalue weighted by molar-refractivity contribution is -0.0400. The first kappa shape index (κ1) is 21.6. The largest absolute Gasteiger partial charge is 0.455 e. The lowest BCUT2D eigenvalue weighted by Gasteiger charge is -2.30. The van der Waals surface area contributed by atoms with Crippen LogP contribution in [0.3, 0.4) is 0 Å². The van der Waals surface area contributed by atoms with E-state index in [0.717, 1.165) is 60.8 Å². The Kier molecular flexibility index (Phi) is 5.37. The fourth-order valence-electron chi connectivity index (χ4n) is 4.71. The molecule has 0 atom stereocenters. The summed E-state index contributed by atoms with van der Waals surface area (Å²) in [5.74, 6) is 2.60. The molecule has 2 aromatic heterocycles. The van der Waals surface area contributed by atoms with Gasteiger partial charge in [-0.3, -0.25) is 9.58 Å². The topological polar surface area (TPSA) is 90.5 Å². The molecule has 0 aliphatic carbocycles. The zero-order valence-corrected chi connectivity index (χ0v) is 19.8. The highest BCUT2D eigenvalue weighted by Crippen LogP contribution is 2.35. The summed E-state index contributed by atoms with van der Waals surface area (Å²) in [4.78, 5) is 16.6. The molecule has 2 fully saturated rings. The summed E-state index contributed by atoms with van der Waals surface area (Å²) < 4.78 is 15.4. The van der Waals surface area contributed by atoms with Gasteiger partial charge in [0.1, 0.15) is 17.6 Å². The molecule has 0 unspecified atom stereocenters. The Morgan fingerprint density at radius 1 is 1.14 bits per heavy atom. The average molecular weight is 474 g/mol. The number of carbonyl (C=O) groups excluding carboxylic acids is 1. The number of carbonyl (C=O) groups is 1. The first-order chi connectivity index (χ1) is 17.1. The second kappa shape index (κ2) is 8.70. The Morgan fingerprint density at radius 3 is 2.71 bits per heavy atom. The summed E-state index contributed by atoms with van der Waals surface area (Å²) in [5.41, 5.74) is 2.67. The van der Waals surface area contributed by atoms with E-state index >= 15 is 0 Å². The fourth-order valence-corrected chi connectivity index (χ4v) is 4.71. The van der Waals surface area contributed by atoms with Crippen LogP contribution in [-0.2, 0) is 18.3 Å². The lowest BCUT2D eigenvalue weighted by atomic mass is 10.1. The van der Waals surface area contributed by atoms with Crippen molar-refractivity contribution in [1.29, 1.82) is 0 Å². The number of anilines is 1. The Hall–Kier alpha value is -3.92. The first-order valence-electron chi connectivity index (χ1n) is 11.9. The standard InChI is InChI=1S/C25H27N7O3/c1-3-30-16-26-28-24(30)18-10-19-12-27-29(2)23(19)22(11-18)35-21-6-4-20(5-7-21)32-9-8-31(25(32)33)13-17-14-34-15-17/h4-7,10-12,16-17H,3,8-9,13-15H2,1-2H3. The van der Waals surface area contributed by atoms with E-state index in [0.29, 0.717) is 24.0 Å². The molecule has 2 saturated heterocycles. The minimum absolute atomic E-state index is 0.0508. The van der Waals surface area contributed by atoms with Gasteiger partial charge in [-0.25, -0.2) is 4.79 Å². The van der Waals surface area contributed by atoms with Gasteiger partial charge in [0.15, 0.2) is 11.6 Å². The lowest BCUT2D eigenvalue weighted by Crippen LogP contribution is -2.41. The molecule has 2 amide bonds. The van der Waals surface area contributed by atoms with Gasteiger partial charge in [0.25, 0.3) is 0 Å². The predicted molar refractivity (Wildman–Crippen MR) is 131 cm³/mol. The molecule has 35 heavy (non-hydrogen) atoms. The monoisotopic (exact) mass is 473 g/mol. The molecule has 2 aliphatic rings. The molecule has 2 aliphatic heterocycles. The molecule has 10 heteroatoms. The number of ether oxygens (including phenoxy) is 2. The highest BCUT2D eigenvalue weighted by molar-refractivity contribution is 5.94. The molecule has 180 valence electrons. The highest BCUT2D eigenvalue weighted by Gasteiger charge is 2.33. The zero-order chi connectivity index (χ0) is 23.9. The molecule has 4 heterocycles. The molecule has 0 spiro atoms. The number of hydrogen-bond donors (Lipinski definition) is 0. The van der Waals surface area contributed by atoms with Crippen LogP contribution in [0.2, 0.25) is 0 Å². The maximum absolute atomic E-state index is 12.9. The maximum Gasteiger partial charge on any atom is 0.324 e. The van der Waals surface area contributed by atoms with Crippen molar-refractivity contribution in [3.63, 3.8) is 0 Å². The minimum Gasteiger partial charge on any atom is -0.455 e.